The normalized spacial score (nSPS) is 15.7. The van der Waals surface area contributed by atoms with Crippen molar-refractivity contribution in [1.29, 1.82) is 0 Å². The van der Waals surface area contributed by atoms with Crippen molar-refractivity contribution in [3.8, 4) is 22.4 Å². The van der Waals surface area contributed by atoms with Gasteiger partial charge in [0.1, 0.15) is 23.1 Å². The van der Waals surface area contributed by atoms with Crippen LogP contribution in [0.5, 0.6) is 0 Å². The molecule has 180 valence electrons. The highest BCUT2D eigenvalue weighted by Gasteiger charge is 2.43. The molecule has 0 aliphatic carbocycles. The van der Waals surface area contributed by atoms with Gasteiger partial charge in [-0.05, 0) is 26.0 Å². The van der Waals surface area contributed by atoms with Crippen LogP contribution in [0.3, 0.4) is 0 Å². The van der Waals surface area contributed by atoms with Gasteiger partial charge in [-0.25, -0.2) is 13.9 Å². The zero-order valence-electron chi connectivity index (χ0n) is 19.9. The Kier molecular flexibility index (Phi) is 5.08. The lowest BCUT2D eigenvalue weighted by molar-refractivity contribution is -0.145. The molecule has 0 spiro atoms. The number of halogens is 1. The third-order valence-electron chi connectivity index (χ3n) is 6.49. The van der Waals surface area contributed by atoms with Crippen molar-refractivity contribution in [1.82, 2.24) is 29.3 Å². The zero-order chi connectivity index (χ0) is 25.1. The third kappa shape index (κ3) is 3.42. The van der Waals surface area contributed by atoms with Crippen LogP contribution in [0, 0.1) is 5.82 Å². The Morgan fingerprint density at radius 3 is 2.63 bits per heavy atom. The van der Waals surface area contributed by atoms with Crippen LogP contribution in [0.4, 0.5) is 15.9 Å². The maximum Gasteiger partial charge on any atom is 0.252 e. The highest BCUT2D eigenvalue weighted by molar-refractivity contribution is 6.03. The van der Waals surface area contributed by atoms with Gasteiger partial charge in [0.05, 0.1) is 11.8 Å². The molecule has 35 heavy (non-hydrogen) atoms. The maximum atomic E-state index is 16.1. The summed E-state index contributed by atoms with van der Waals surface area (Å²) in [5, 5.41) is 8.43. The molecule has 0 bridgehead atoms. The van der Waals surface area contributed by atoms with E-state index in [1.54, 1.807) is 72.0 Å². The van der Waals surface area contributed by atoms with Crippen LogP contribution >= 0.6 is 0 Å². The van der Waals surface area contributed by atoms with Crippen molar-refractivity contribution < 1.29 is 14.0 Å². The molecule has 4 aromatic rings. The van der Waals surface area contributed by atoms with E-state index in [-0.39, 0.29) is 28.9 Å². The number of nitrogen functional groups attached to an aromatic ring is 1. The maximum absolute atomic E-state index is 16.1. The summed E-state index contributed by atoms with van der Waals surface area (Å²) in [6.45, 7) is 5.65. The monoisotopic (exact) mass is 476 g/mol. The molecule has 11 heteroatoms. The summed E-state index contributed by atoms with van der Waals surface area (Å²) in [7, 11) is 1.74. The number of hydrogen-bond donors (Lipinski definition) is 1. The molecule has 1 aliphatic heterocycles. The van der Waals surface area contributed by atoms with Gasteiger partial charge in [0.2, 0.25) is 5.91 Å². The van der Waals surface area contributed by atoms with Crippen molar-refractivity contribution in [3.05, 3.63) is 48.8 Å². The van der Waals surface area contributed by atoms with Gasteiger partial charge in [-0.1, -0.05) is 12.1 Å². The summed E-state index contributed by atoms with van der Waals surface area (Å²) >= 11 is 0. The van der Waals surface area contributed by atoms with Gasteiger partial charge in [-0.15, -0.1) is 0 Å². The number of nitrogens with two attached hydrogens (primary N) is 1. The molecule has 1 aliphatic rings. The Balaban J connectivity index is 1.64. The Bertz CT molecular complexity index is 1490. The van der Waals surface area contributed by atoms with Crippen LogP contribution < -0.4 is 10.6 Å². The molecule has 1 fully saturated rings. The van der Waals surface area contributed by atoms with Crippen molar-refractivity contribution in [3.63, 3.8) is 0 Å². The molecule has 3 aromatic heterocycles. The van der Waals surface area contributed by atoms with Gasteiger partial charge in [0.15, 0.2) is 11.6 Å². The van der Waals surface area contributed by atoms with Gasteiger partial charge < -0.3 is 15.5 Å². The van der Waals surface area contributed by atoms with Crippen molar-refractivity contribution in [2.75, 3.05) is 23.7 Å². The summed E-state index contributed by atoms with van der Waals surface area (Å²) < 4.78 is 19.1. The smallest absolute Gasteiger partial charge is 0.252 e. The Morgan fingerprint density at radius 1 is 1.17 bits per heavy atom. The molecule has 2 amide bonds. The largest absolute Gasteiger partial charge is 0.382 e. The lowest BCUT2D eigenvalue weighted by atomic mass is 9.96. The number of rotatable bonds is 3. The minimum atomic E-state index is -0.998. The number of fused-ring (bicyclic) bond motifs is 1. The van der Waals surface area contributed by atoms with Crippen LogP contribution in [0.25, 0.3) is 27.9 Å². The lowest BCUT2D eigenvalue weighted by Gasteiger charge is -2.45. The average molecular weight is 477 g/mol. The molecule has 5 rings (SSSR count). The molecule has 2 N–H and O–H groups in total. The van der Waals surface area contributed by atoms with Crippen LogP contribution in [-0.2, 0) is 16.6 Å². The molecule has 10 nitrogen and oxygen atoms in total. The molecule has 1 saturated heterocycles. The summed E-state index contributed by atoms with van der Waals surface area (Å²) in [5.41, 5.74) is 7.60. The zero-order valence-corrected chi connectivity index (χ0v) is 19.9. The fourth-order valence-electron chi connectivity index (χ4n) is 4.79. The third-order valence-corrected chi connectivity index (χ3v) is 6.49. The van der Waals surface area contributed by atoms with Crippen LogP contribution in [0.2, 0.25) is 0 Å². The number of nitrogens with zero attached hydrogens (tertiary/aromatic N) is 7. The van der Waals surface area contributed by atoms with Crippen molar-refractivity contribution >= 4 is 28.8 Å². The summed E-state index contributed by atoms with van der Waals surface area (Å²) in [5.74, 6) is -0.745. The summed E-state index contributed by atoms with van der Waals surface area (Å²) in [4.78, 5) is 32.6. The SMILES string of the molecule is CC(=O)N1CCN(c2cccc(-c3c(F)c(-c4cnn(C)c4)c4c(N)ncnn34)c2)C(=O)C1(C)C. The number of anilines is 2. The molecular weight excluding hydrogens is 451 g/mol. The van der Waals surface area contributed by atoms with Gasteiger partial charge >= 0.3 is 0 Å². The Morgan fingerprint density at radius 2 is 1.94 bits per heavy atom. The van der Waals surface area contributed by atoms with Crippen molar-refractivity contribution in [2.45, 2.75) is 26.3 Å². The number of aryl methyl sites for hydroxylation is 1. The van der Waals surface area contributed by atoms with E-state index in [0.29, 0.717) is 35.4 Å². The quantitative estimate of drug-likeness (QED) is 0.486. The van der Waals surface area contributed by atoms with E-state index in [2.05, 4.69) is 15.2 Å². The number of carbonyl (C=O) groups is 2. The number of amides is 2. The number of aromatic nitrogens is 5. The fourth-order valence-corrected chi connectivity index (χ4v) is 4.79. The van der Waals surface area contributed by atoms with Crippen LogP contribution in [0.1, 0.15) is 20.8 Å². The van der Waals surface area contributed by atoms with E-state index < -0.39 is 11.4 Å². The van der Waals surface area contributed by atoms with E-state index in [1.165, 1.54) is 17.8 Å². The second-order valence-electron chi connectivity index (χ2n) is 9.08. The second-order valence-corrected chi connectivity index (χ2v) is 9.08. The topological polar surface area (TPSA) is 115 Å². The highest BCUT2D eigenvalue weighted by atomic mass is 19.1. The molecular formula is C24H25FN8O2. The average Bonchev–Trinajstić information content (AvgIpc) is 3.36. The Hall–Kier alpha value is -4.28. The standard InChI is InChI=1S/C24H25FN8O2/c1-14(34)32-9-8-31(23(35)24(32,2)3)17-7-5-6-15(10-17)20-19(25)18(16-11-28-30(4)12-16)21-22(26)27-13-29-33(20)21/h5-7,10-13H,8-9H2,1-4H3,(H2,26,27,29). The van der Waals surface area contributed by atoms with E-state index in [0.717, 1.165) is 0 Å². The molecule has 0 radical (unpaired) electrons. The minimum absolute atomic E-state index is 0.137. The van der Waals surface area contributed by atoms with E-state index in [4.69, 9.17) is 5.73 Å². The van der Waals surface area contributed by atoms with Crippen molar-refractivity contribution in [2.24, 2.45) is 7.05 Å². The molecule has 0 saturated carbocycles. The fraction of sp³-hybridized carbons (Fsp3) is 0.292. The van der Waals surface area contributed by atoms with Crippen LogP contribution in [-0.4, -0.2) is 59.7 Å². The number of piperazine rings is 1. The van der Waals surface area contributed by atoms with E-state index in [1.807, 2.05) is 0 Å². The van der Waals surface area contributed by atoms with Gasteiger partial charge in [-0.2, -0.15) is 10.2 Å². The number of carbonyl (C=O) groups excluding carboxylic acids is 2. The van der Waals surface area contributed by atoms with Crippen LogP contribution in [0.15, 0.2) is 43.0 Å². The first-order valence-electron chi connectivity index (χ1n) is 11.1. The van der Waals surface area contributed by atoms with E-state index in [9.17, 15) is 9.59 Å². The van der Waals surface area contributed by atoms with Gasteiger partial charge in [0.25, 0.3) is 5.91 Å². The second kappa shape index (κ2) is 7.90. The predicted molar refractivity (Wildman–Crippen MR) is 129 cm³/mol. The number of benzene rings is 1. The first-order valence-corrected chi connectivity index (χ1v) is 11.1. The lowest BCUT2D eigenvalue weighted by Crippen LogP contribution is -2.64. The number of hydrogen-bond acceptors (Lipinski definition) is 6. The molecule has 0 unspecified atom stereocenters. The molecule has 4 heterocycles. The predicted octanol–water partition coefficient (Wildman–Crippen LogP) is 2.49. The minimum Gasteiger partial charge on any atom is -0.382 e. The van der Waals surface area contributed by atoms with Gasteiger partial charge in [-0.3, -0.25) is 14.3 Å². The first kappa shape index (κ1) is 22.5. The Labute approximate surface area is 200 Å². The molecule has 1 aromatic carbocycles. The van der Waals surface area contributed by atoms with Gasteiger partial charge in [0, 0.05) is 50.1 Å². The first-order chi connectivity index (χ1) is 16.6. The molecule has 0 atom stereocenters. The summed E-state index contributed by atoms with van der Waals surface area (Å²) in [6, 6.07) is 7.05. The van der Waals surface area contributed by atoms with E-state index >= 15 is 4.39 Å². The highest BCUT2D eigenvalue weighted by Crippen LogP contribution is 2.39. The summed E-state index contributed by atoms with van der Waals surface area (Å²) in [6.07, 6.45) is 4.52.